The molecular formula is C27H27NO5S. The van der Waals surface area contributed by atoms with Gasteiger partial charge in [-0.25, -0.2) is 8.42 Å². The summed E-state index contributed by atoms with van der Waals surface area (Å²) in [6, 6.07) is 19.7. The third-order valence-corrected chi connectivity index (χ3v) is 7.91. The van der Waals surface area contributed by atoms with E-state index in [1.807, 2.05) is 19.1 Å². The predicted molar refractivity (Wildman–Crippen MR) is 130 cm³/mol. The van der Waals surface area contributed by atoms with Gasteiger partial charge < -0.3 is 9.47 Å². The number of benzene rings is 3. The first-order valence-electron chi connectivity index (χ1n) is 10.9. The first-order valence-corrected chi connectivity index (χ1v) is 12.3. The minimum atomic E-state index is -3.98. The van der Waals surface area contributed by atoms with Gasteiger partial charge in [0.25, 0.3) is 0 Å². The highest BCUT2D eigenvalue weighted by molar-refractivity contribution is 7.89. The average molecular weight is 478 g/mol. The van der Waals surface area contributed by atoms with Crippen molar-refractivity contribution in [3.63, 3.8) is 0 Å². The van der Waals surface area contributed by atoms with E-state index in [4.69, 9.17) is 9.47 Å². The fraction of sp³-hybridized carbons (Fsp3) is 0.222. The minimum Gasteiger partial charge on any atom is -0.497 e. The zero-order chi connectivity index (χ0) is 24.5. The van der Waals surface area contributed by atoms with Gasteiger partial charge in [-0.05, 0) is 61.4 Å². The molecule has 1 aliphatic rings. The predicted octanol–water partition coefficient (Wildman–Crippen LogP) is 5.01. The average Bonchev–Trinajstić information content (AvgIpc) is 3.26. The number of hydrogen-bond donors (Lipinski definition) is 0. The molecule has 1 aliphatic heterocycles. The van der Waals surface area contributed by atoms with Crippen molar-refractivity contribution in [2.24, 2.45) is 0 Å². The number of carbonyl (C=O) groups excluding carboxylic acids is 1. The van der Waals surface area contributed by atoms with Crippen LogP contribution in [0, 0.1) is 6.92 Å². The van der Waals surface area contributed by atoms with Crippen LogP contribution in [0.2, 0.25) is 0 Å². The van der Waals surface area contributed by atoms with Gasteiger partial charge in [0.2, 0.25) is 10.0 Å². The van der Waals surface area contributed by atoms with Gasteiger partial charge in [0, 0.05) is 5.57 Å². The van der Waals surface area contributed by atoms with Crippen LogP contribution >= 0.6 is 0 Å². The molecule has 1 heterocycles. The SMILES string of the molecule is COc1ccc([C@H]2C(C(C)=O)=C[C@@H](c3ccc(OC)cc3)N2S(=O)(=O)c2ccc(C)cc2)cc1. The highest BCUT2D eigenvalue weighted by atomic mass is 32.2. The molecular weight excluding hydrogens is 450 g/mol. The number of methoxy groups -OCH3 is 2. The zero-order valence-electron chi connectivity index (χ0n) is 19.6. The van der Waals surface area contributed by atoms with Crippen LogP contribution in [0.25, 0.3) is 0 Å². The van der Waals surface area contributed by atoms with E-state index < -0.39 is 22.1 Å². The number of sulfonamides is 1. The number of ether oxygens (including phenoxy) is 2. The molecule has 0 unspecified atom stereocenters. The van der Waals surface area contributed by atoms with Gasteiger partial charge in [-0.15, -0.1) is 0 Å². The van der Waals surface area contributed by atoms with E-state index in [1.165, 1.54) is 11.2 Å². The molecule has 0 aromatic heterocycles. The van der Waals surface area contributed by atoms with Crippen LogP contribution in [0.5, 0.6) is 11.5 Å². The highest BCUT2D eigenvalue weighted by Gasteiger charge is 2.45. The second-order valence-electron chi connectivity index (χ2n) is 8.22. The maximum absolute atomic E-state index is 14.1. The molecule has 0 bridgehead atoms. The molecule has 6 nitrogen and oxygen atoms in total. The maximum atomic E-state index is 14.1. The second-order valence-corrected chi connectivity index (χ2v) is 10.1. The van der Waals surface area contributed by atoms with Crippen LogP contribution in [0.4, 0.5) is 0 Å². The van der Waals surface area contributed by atoms with Crippen molar-refractivity contribution >= 4 is 15.8 Å². The Balaban J connectivity index is 1.91. The molecule has 176 valence electrons. The summed E-state index contributed by atoms with van der Waals surface area (Å²) in [7, 11) is -0.837. The number of carbonyl (C=O) groups is 1. The van der Waals surface area contributed by atoms with Gasteiger partial charge in [-0.3, -0.25) is 4.79 Å². The number of ketones is 1. The molecule has 0 radical (unpaired) electrons. The van der Waals surface area contributed by atoms with Crippen LogP contribution in [-0.4, -0.2) is 32.7 Å². The molecule has 34 heavy (non-hydrogen) atoms. The first kappa shape index (κ1) is 23.7. The van der Waals surface area contributed by atoms with Crippen molar-refractivity contribution < 1.29 is 22.7 Å². The van der Waals surface area contributed by atoms with Gasteiger partial charge in [-0.1, -0.05) is 48.0 Å². The fourth-order valence-electron chi connectivity index (χ4n) is 4.22. The van der Waals surface area contributed by atoms with Crippen LogP contribution in [0.15, 0.2) is 89.3 Å². The summed E-state index contributed by atoms with van der Waals surface area (Å²) in [5.74, 6) is 1.13. The minimum absolute atomic E-state index is 0.174. The third-order valence-electron chi connectivity index (χ3n) is 6.05. The van der Waals surface area contributed by atoms with Crippen LogP contribution < -0.4 is 9.47 Å². The molecule has 0 saturated carbocycles. The van der Waals surface area contributed by atoms with E-state index >= 15 is 0 Å². The normalized spacial score (nSPS) is 18.4. The van der Waals surface area contributed by atoms with E-state index in [1.54, 1.807) is 81.0 Å². The Morgan fingerprint density at radius 3 is 1.76 bits per heavy atom. The van der Waals surface area contributed by atoms with Crippen LogP contribution in [-0.2, 0) is 14.8 Å². The summed E-state index contributed by atoms with van der Waals surface area (Å²) < 4.78 is 40.1. The Morgan fingerprint density at radius 2 is 1.29 bits per heavy atom. The van der Waals surface area contributed by atoms with Crippen molar-refractivity contribution in [1.29, 1.82) is 0 Å². The zero-order valence-corrected chi connectivity index (χ0v) is 20.4. The number of hydrogen-bond acceptors (Lipinski definition) is 5. The van der Waals surface area contributed by atoms with E-state index in [0.29, 0.717) is 22.6 Å². The molecule has 4 rings (SSSR count). The molecule has 0 N–H and O–H groups in total. The Bertz CT molecular complexity index is 1310. The van der Waals surface area contributed by atoms with Crippen molar-refractivity contribution in [3.8, 4) is 11.5 Å². The quantitative estimate of drug-likeness (QED) is 0.478. The van der Waals surface area contributed by atoms with Gasteiger partial charge in [-0.2, -0.15) is 4.31 Å². The topological polar surface area (TPSA) is 72.9 Å². The van der Waals surface area contributed by atoms with E-state index in [0.717, 1.165) is 11.1 Å². The lowest BCUT2D eigenvalue weighted by molar-refractivity contribution is -0.114. The molecule has 0 aliphatic carbocycles. The van der Waals surface area contributed by atoms with Crippen LogP contribution in [0.1, 0.15) is 35.7 Å². The Kier molecular flexibility index (Phi) is 6.59. The Hall–Kier alpha value is -3.42. The van der Waals surface area contributed by atoms with Crippen molar-refractivity contribution in [2.75, 3.05) is 14.2 Å². The largest absolute Gasteiger partial charge is 0.497 e. The van der Waals surface area contributed by atoms with Gasteiger partial charge in [0.1, 0.15) is 11.5 Å². The van der Waals surface area contributed by atoms with Gasteiger partial charge >= 0.3 is 0 Å². The monoisotopic (exact) mass is 477 g/mol. The van der Waals surface area contributed by atoms with Gasteiger partial charge in [0.05, 0.1) is 31.2 Å². The molecule has 7 heteroatoms. The highest BCUT2D eigenvalue weighted by Crippen LogP contribution is 2.47. The third kappa shape index (κ3) is 4.36. The van der Waals surface area contributed by atoms with Crippen molar-refractivity contribution in [2.45, 2.75) is 30.8 Å². The standard InChI is InChI=1S/C27H27NO5S/c1-18-5-15-24(16-6-18)34(30,31)28-26(20-7-11-22(32-3)12-8-20)17-25(19(2)29)27(28)21-9-13-23(33-4)14-10-21/h5-17,26-27H,1-4H3/t26-,27-/m0/s1. The Morgan fingerprint density at radius 1 is 0.794 bits per heavy atom. The number of rotatable bonds is 7. The summed E-state index contributed by atoms with van der Waals surface area (Å²) in [5.41, 5.74) is 2.82. The fourth-order valence-corrected chi connectivity index (χ4v) is 5.94. The smallest absolute Gasteiger partial charge is 0.244 e. The van der Waals surface area contributed by atoms with Gasteiger partial charge in [0.15, 0.2) is 5.78 Å². The van der Waals surface area contributed by atoms with E-state index in [2.05, 4.69) is 0 Å². The molecule has 2 atom stereocenters. The molecule has 3 aromatic rings. The molecule has 0 fully saturated rings. The van der Waals surface area contributed by atoms with Crippen LogP contribution in [0.3, 0.4) is 0 Å². The summed E-state index contributed by atoms with van der Waals surface area (Å²) in [4.78, 5) is 12.9. The van der Waals surface area contributed by atoms with E-state index in [9.17, 15) is 13.2 Å². The summed E-state index contributed by atoms with van der Waals surface area (Å²) in [6.45, 7) is 3.37. The molecule has 0 amide bonds. The van der Waals surface area contributed by atoms with E-state index in [-0.39, 0.29) is 10.7 Å². The second kappa shape index (κ2) is 9.44. The summed E-state index contributed by atoms with van der Waals surface area (Å²) >= 11 is 0. The number of nitrogens with zero attached hydrogens (tertiary/aromatic N) is 1. The lowest BCUT2D eigenvalue weighted by Crippen LogP contribution is -2.35. The van der Waals surface area contributed by atoms with Crippen molar-refractivity contribution in [1.82, 2.24) is 4.31 Å². The molecule has 0 saturated heterocycles. The molecule has 3 aromatic carbocycles. The number of aryl methyl sites for hydroxylation is 1. The Labute approximate surface area is 200 Å². The first-order chi connectivity index (χ1) is 16.3. The molecule has 0 spiro atoms. The lowest BCUT2D eigenvalue weighted by Gasteiger charge is -2.31. The van der Waals surface area contributed by atoms with Crippen molar-refractivity contribution in [3.05, 3.63) is 101 Å². The number of Topliss-reactive ketones (excluding diaryl/α,β-unsaturated/α-hetero) is 1. The summed E-state index contributed by atoms with van der Waals surface area (Å²) in [5, 5.41) is 0. The maximum Gasteiger partial charge on any atom is 0.244 e. The lowest BCUT2D eigenvalue weighted by atomic mass is 9.98. The summed E-state index contributed by atoms with van der Waals surface area (Å²) in [6.07, 6.45) is 1.75.